The molecule has 0 aliphatic heterocycles. The number of carboxylic acid groups (broad SMARTS) is 1. The zero-order chi connectivity index (χ0) is 28.3. The second-order valence-corrected chi connectivity index (χ2v) is 14.8. The van der Waals surface area contributed by atoms with Crippen molar-refractivity contribution >= 4 is 49.8 Å². The molecule has 6 nitrogen and oxygen atoms in total. The Labute approximate surface area is 256 Å². The van der Waals surface area contributed by atoms with Crippen molar-refractivity contribution in [3.05, 3.63) is 88.0 Å². The molecule has 0 saturated carbocycles. The Hall–Kier alpha value is -1.96. The Morgan fingerprint density at radius 1 is 1.00 bits per heavy atom. The number of anilines is 1. The Morgan fingerprint density at radius 3 is 2.23 bits per heavy atom. The fourth-order valence-corrected chi connectivity index (χ4v) is 8.09. The number of alkyl halides is 2. The maximum Gasteiger partial charge on any atom is 0.322 e. The minimum absolute atomic E-state index is 0.0270. The fourth-order valence-electron chi connectivity index (χ4n) is 4.00. The summed E-state index contributed by atoms with van der Waals surface area (Å²) in [5.74, 6) is -1.22. The summed E-state index contributed by atoms with van der Waals surface area (Å²) in [5, 5.41) is 13.3. The minimum atomic E-state index is -4.04. The molecule has 9 heteroatoms. The third kappa shape index (κ3) is 9.58. The first-order valence-electron chi connectivity index (χ1n) is 12.9. The van der Waals surface area contributed by atoms with Crippen LogP contribution in [-0.2, 0) is 14.8 Å². The van der Waals surface area contributed by atoms with Crippen molar-refractivity contribution in [3.63, 3.8) is 0 Å². The van der Waals surface area contributed by atoms with E-state index in [0.29, 0.717) is 0 Å². The van der Waals surface area contributed by atoms with E-state index >= 15 is 0 Å². The van der Waals surface area contributed by atoms with Crippen molar-refractivity contribution in [2.24, 2.45) is 0 Å². The standard InChI is InChI=1S/C30H35I2N2O4S/c1-3-5-8-19-32-21-33-25-15-11-23(12-16-25)24-13-17-26(18-14-24)39(37,38)34-29(30(35)36)20-22(4-2)27-9-6-7-10-28(27)31/h4,6-7,9-18,29,33-34H,3,5,8,19-21H2,1-2H3,(H,35,36)/q-1/b22-4-/t29-/m1/s1. The average Bonchev–Trinajstić information content (AvgIpc) is 2.93. The van der Waals surface area contributed by atoms with Crippen LogP contribution in [0.15, 0.2) is 83.8 Å². The smallest absolute Gasteiger partial charge is 0.322 e. The largest absolute Gasteiger partial charge is 0.480 e. The van der Waals surface area contributed by atoms with E-state index in [0.717, 1.165) is 36.1 Å². The Morgan fingerprint density at radius 2 is 1.64 bits per heavy atom. The zero-order valence-electron chi connectivity index (χ0n) is 22.2. The molecule has 3 rings (SSSR count). The molecule has 0 saturated heterocycles. The molecule has 0 heterocycles. The van der Waals surface area contributed by atoms with Gasteiger partial charge in [0, 0.05) is 3.57 Å². The summed E-state index contributed by atoms with van der Waals surface area (Å²) < 4.78 is 31.9. The third-order valence-corrected chi connectivity index (χ3v) is 11.1. The van der Waals surface area contributed by atoms with Crippen molar-refractivity contribution in [1.82, 2.24) is 4.72 Å². The number of sulfonamides is 1. The molecule has 39 heavy (non-hydrogen) atoms. The van der Waals surface area contributed by atoms with Crippen LogP contribution in [0.25, 0.3) is 16.7 Å². The van der Waals surface area contributed by atoms with Gasteiger partial charge >= 0.3 is 161 Å². The third-order valence-electron chi connectivity index (χ3n) is 6.21. The number of aliphatic carboxylic acids is 1. The zero-order valence-corrected chi connectivity index (χ0v) is 27.3. The first-order valence-corrected chi connectivity index (χ1v) is 18.5. The number of unbranched alkanes of at least 4 members (excludes halogenated alkanes) is 2. The molecule has 210 valence electrons. The van der Waals surface area contributed by atoms with E-state index in [2.05, 4.69) is 39.6 Å². The van der Waals surface area contributed by atoms with Crippen LogP contribution in [0, 0.1) is 3.57 Å². The van der Waals surface area contributed by atoms with Gasteiger partial charge in [0.05, 0.1) is 0 Å². The summed E-state index contributed by atoms with van der Waals surface area (Å²) in [4.78, 5) is 12.0. The molecule has 0 bridgehead atoms. The molecule has 0 spiro atoms. The molecule has 0 aliphatic carbocycles. The summed E-state index contributed by atoms with van der Waals surface area (Å²) in [5.41, 5.74) is 4.61. The van der Waals surface area contributed by atoms with Gasteiger partial charge in [-0.25, -0.2) is 0 Å². The van der Waals surface area contributed by atoms with E-state index in [-0.39, 0.29) is 32.5 Å². The van der Waals surface area contributed by atoms with Crippen molar-refractivity contribution in [1.29, 1.82) is 0 Å². The average molecular weight is 773 g/mol. The summed E-state index contributed by atoms with van der Waals surface area (Å²) in [6.07, 6.45) is 5.76. The van der Waals surface area contributed by atoms with Gasteiger partial charge in [0.2, 0.25) is 0 Å². The number of benzene rings is 3. The molecule has 3 aromatic carbocycles. The maximum absolute atomic E-state index is 13.1. The van der Waals surface area contributed by atoms with Crippen molar-refractivity contribution in [2.75, 3.05) is 14.3 Å². The van der Waals surface area contributed by atoms with Crippen LogP contribution in [0.2, 0.25) is 0 Å². The van der Waals surface area contributed by atoms with Gasteiger partial charge in [-0.3, -0.25) is 4.79 Å². The van der Waals surface area contributed by atoms with Crippen molar-refractivity contribution in [3.8, 4) is 11.1 Å². The number of hydrogen-bond acceptors (Lipinski definition) is 4. The van der Waals surface area contributed by atoms with Crippen LogP contribution in [0.4, 0.5) is 5.69 Å². The van der Waals surface area contributed by atoms with E-state index < -0.39 is 22.0 Å². The number of nitrogens with one attached hydrogen (secondary N) is 2. The number of allylic oxidation sites excluding steroid dienone is 1. The molecule has 3 N–H and O–H groups in total. The van der Waals surface area contributed by atoms with Crippen LogP contribution in [0.3, 0.4) is 0 Å². The second-order valence-electron chi connectivity index (χ2n) is 9.01. The second kappa shape index (κ2) is 15.7. The maximum atomic E-state index is 13.1. The normalized spacial score (nSPS) is 12.8. The first-order chi connectivity index (χ1) is 18.7. The van der Waals surface area contributed by atoms with Gasteiger partial charge in [-0.1, -0.05) is 24.3 Å². The Balaban J connectivity index is 1.65. The topological polar surface area (TPSA) is 95.5 Å². The quantitative estimate of drug-likeness (QED) is 0.0946. The molecule has 0 amide bonds. The van der Waals surface area contributed by atoms with Crippen LogP contribution < -0.4 is 31.2 Å². The predicted molar refractivity (Wildman–Crippen MR) is 164 cm³/mol. The monoisotopic (exact) mass is 773 g/mol. The molecule has 0 aromatic heterocycles. The van der Waals surface area contributed by atoms with Crippen molar-refractivity contribution < 1.29 is 39.5 Å². The van der Waals surface area contributed by atoms with E-state index in [1.54, 1.807) is 12.1 Å². The number of carboxylic acids is 1. The Bertz CT molecular complexity index is 1360. The molecule has 0 fully saturated rings. The van der Waals surface area contributed by atoms with E-state index in [9.17, 15) is 18.3 Å². The molecule has 0 unspecified atom stereocenters. The van der Waals surface area contributed by atoms with Gasteiger partial charge in [-0.2, -0.15) is 0 Å². The van der Waals surface area contributed by atoms with Gasteiger partial charge in [0.25, 0.3) is 0 Å². The van der Waals surface area contributed by atoms with Gasteiger partial charge in [-0.15, -0.1) is 0 Å². The predicted octanol–water partition coefficient (Wildman–Crippen LogP) is 3.83. The van der Waals surface area contributed by atoms with E-state index in [4.69, 9.17) is 0 Å². The first kappa shape index (κ1) is 31.6. The molecule has 1 atom stereocenters. The van der Waals surface area contributed by atoms with Gasteiger partial charge in [0.15, 0.2) is 0 Å². The SMILES string of the molecule is C/C=C(/C[C@@H](NS(=O)(=O)c1ccc(-c2ccc(NC[I-]CCCCC)cc2)cc1)C(=O)O)c1ccccc1I. The van der Waals surface area contributed by atoms with Gasteiger partial charge < -0.3 is 5.11 Å². The molecular formula is C30H35I2N2O4S-. The molecular weight excluding hydrogens is 738 g/mol. The van der Waals surface area contributed by atoms with E-state index in [1.807, 2.05) is 61.5 Å². The minimum Gasteiger partial charge on any atom is -0.480 e. The van der Waals surface area contributed by atoms with Crippen LogP contribution in [-0.4, -0.2) is 34.5 Å². The van der Waals surface area contributed by atoms with Gasteiger partial charge in [0.1, 0.15) is 6.04 Å². The van der Waals surface area contributed by atoms with Crippen LogP contribution in [0.5, 0.6) is 0 Å². The summed E-state index contributed by atoms with van der Waals surface area (Å²) in [7, 11) is -4.04. The number of halogens is 2. The summed E-state index contributed by atoms with van der Waals surface area (Å²) in [6.45, 7) is 4.05. The number of hydrogen-bond donors (Lipinski definition) is 3. The molecule has 3 aromatic rings. The van der Waals surface area contributed by atoms with Crippen LogP contribution >= 0.6 is 22.6 Å². The fraction of sp³-hybridized carbons (Fsp3) is 0.300. The summed E-state index contributed by atoms with van der Waals surface area (Å²) >= 11 is 2.37. The Kier molecular flexibility index (Phi) is 12.7. The summed E-state index contributed by atoms with van der Waals surface area (Å²) in [6, 6.07) is 21.0. The molecule has 0 radical (unpaired) electrons. The van der Waals surface area contributed by atoms with Crippen LogP contribution in [0.1, 0.15) is 45.1 Å². The van der Waals surface area contributed by atoms with Gasteiger partial charge in [-0.05, 0) is 53.1 Å². The molecule has 0 aliphatic rings. The van der Waals surface area contributed by atoms with E-state index in [1.165, 1.54) is 35.8 Å². The van der Waals surface area contributed by atoms with Crippen molar-refractivity contribution in [2.45, 2.75) is 50.5 Å². The number of rotatable bonds is 15. The number of carbonyl (C=O) groups is 1.